The lowest BCUT2D eigenvalue weighted by molar-refractivity contribution is 0.636. The predicted molar refractivity (Wildman–Crippen MR) is 90.0 cm³/mol. The summed E-state index contributed by atoms with van der Waals surface area (Å²) >= 11 is 0. The fourth-order valence-corrected chi connectivity index (χ4v) is 3.57. The van der Waals surface area contributed by atoms with Crippen LogP contribution in [0, 0.1) is 12.7 Å². The van der Waals surface area contributed by atoms with Gasteiger partial charge in [0.1, 0.15) is 23.5 Å². The van der Waals surface area contributed by atoms with Gasteiger partial charge in [0, 0.05) is 11.9 Å². The van der Waals surface area contributed by atoms with Crippen molar-refractivity contribution in [3.8, 4) is 0 Å². The number of rotatable bonds is 2. The van der Waals surface area contributed by atoms with Gasteiger partial charge in [-0.2, -0.15) is 0 Å². The van der Waals surface area contributed by atoms with Crippen LogP contribution in [-0.2, 0) is 0 Å². The van der Waals surface area contributed by atoms with E-state index in [1.165, 1.54) is 23.5 Å². The van der Waals surface area contributed by atoms with Crippen LogP contribution in [0.25, 0.3) is 10.9 Å². The Morgan fingerprint density at radius 1 is 1.09 bits per heavy atom. The summed E-state index contributed by atoms with van der Waals surface area (Å²) in [5.41, 5.74) is 3.01. The highest BCUT2D eigenvalue weighted by molar-refractivity contribution is 5.90. The SMILES string of the molecule is Cc1ccccc1C1CCCN1c1ncnc2c(F)cccc12. The summed E-state index contributed by atoms with van der Waals surface area (Å²) in [4.78, 5) is 10.9. The number of hydrogen-bond acceptors (Lipinski definition) is 3. The smallest absolute Gasteiger partial charge is 0.149 e. The second kappa shape index (κ2) is 5.61. The molecule has 3 nitrogen and oxygen atoms in total. The first kappa shape index (κ1) is 14.1. The van der Waals surface area contributed by atoms with E-state index in [-0.39, 0.29) is 11.9 Å². The number of benzene rings is 2. The third-order valence-corrected chi connectivity index (χ3v) is 4.67. The molecule has 2 heterocycles. The number of hydrogen-bond donors (Lipinski definition) is 0. The second-order valence-corrected chi connectivity index (χ2v) is 6.04. The van der Waals surface area contributed by atoms with E-state index in [1.54, 1.807) is 6.07 Å². The van der Waals surface area contributed by atoms with E-state index in [0.29, 0.717) is 5.52 Å². The van der Waals surface area contributed by atoms with Crippen molar-refractivity contribution in [1.29, 1.82) is 0 Å². The third-order valence-electron chi connectivity index (χ3n) is 4.67. The van der Waals surface area contributed by atoms with Gasteiger partial charge in [-0.05, 0) is 43.0 Å². The number of para-hydroxylation sites is 1. The normalized spacial score (nSPS) is 17.8. The maximum absolute atomic E-state index is 14.0. The molecule has 1 aliphatic rings. The van der Waals surface area contributed by atoms with E-state index in [9.17, 15) is 4.39 Å². The van der Waals surface area contributed by atoms with Crippen LogP contribution in [0.3, 0.4) is 0 Å². The Kier molecular flexibility index (Phi) is 3.45. The number of nitrogens with zero attached hydrogens (tertiary/aromatic N) is 3. The van der Waals surface area contributed by atoms with Crippen molar-refractivity contribution >= 4 is 16.7 Å². The molecule has 1 aliphatic heterocycles. The lowest BCUT2D eigenvalue weighted by atomic mass is 9.99. The average molecular weight is 307 g/mol. The quantitative estimate of drug-likeness (QED) is 0.702. The minimum Gasteiger partial charge on any atom is -0.349 e. The summed E-state index contributed by atoms with van der Waals surface area (Å²) < 4.78 is 14.0. The van der Waals surface area contributed by atoms with E-state index >= 15 is 0 Å². The zero-order valence-electron chi connectivity index (χ0n) is 13.0. The molecule has 116 valence electrons. The van der Waals surface area contributed by atoms with Crippen molar-refractivity contribution in [1.82, 2.24) is 9.97 Å². The molecule has 0 radical (unpaired) electrons. The van der Waals surface area contributed by atoms with Gasteiger partial charge in [-0.1, -0.05) is 30.3 Å². The molecule has 0 bridgehead atoms. The first-order chi connectivity index (χ1) is 11.3. The molecule has 1 saturated heterocycles. The molecule has 1 atom stereocenters. The van der Waals surface area contributed by atoms with Crippen LogP contribution < -0.4 is 4.90 Å². The van der Waals surface area contributed by atoms with Crippen molar-refractivity contribution in [2.75, 3.05) is 11.4 Å². The molecule has 0 N–H and O–H groups in total. The van der Waals surface area contributed by atoms with Gasteiger partial charge in [-0.3, -0.25) is 0 Å². The zero-order chi connectivity index (χ0) is 15.8. The van der Waals surface area contributed by atoms with Gasteiger partial charge in [0.05, 0.1) is 6.04 Å². The highest BCUT2D eigenvalue weighted by Crippen LogP contribution is 2.38. The van der Waals surface area contributed by atoms with Crippen molar-refractivity contribution in [2.24, 2.45) is 0 Å². The van der Waals surface area contributed by atoms with Gasteiger partial charge in [-0.25, -0.2) is 14.4 Å². The van der Waals surface area contributed by atoms with Crippen molar-refractivity contribution in [3.05, 3.63) is 65.7 Å². The number of fused-ring (bicyclic) bond motifs is 1. The first-order valence-electron chi connectivity index (χ1n) is 7.97. The van der Waals surface area contributed by atoms with E-state index in [2.05, 4.69) is 46.1 Å². The minimum atomic E-state index is -0.294. The van der Waals surface area contributed by atoms with Gasteiger partial charge in [0.25, 0.3) is 0 Å². The molecule has 1 aromatic heterocycles. The fraction of sp³-hybridized carbons (Fsp3) is 0.263. The van der Waals surface area contributed by atoms with E-state index in [1.807, 2.05) is 6.07 Å². The van der Waals surface area contributed by atoms with Crippen LogP contribution in [0.2, 0.25) is 0 Å². The molecular weight excluding hydrogens is 289 g/mol. The van der Waals surface area contributed by atoms with Crippen molar-refractivity contribution < 1.29 is 4.39 Å². The van der Waals surface area contributed by atoms with E-state index in [0.717, 1.165) is 30.6 Å². The summed E-state index contributed by atoms with van der Waals surface area (Å²) in [5, 5.41) is 0.785. The Morgan fingerprint density at radius 2 is 1.96 bits per heavy atom. The average Bonchev–Trinajstić information content (AvgIpc) is 3.04. The fourth-order valence-electron chi connectivity index (χ4n) is 3.57. The summed E-state index contributed by atoms with van der Waals surface area (Å²) in [6.45, 7) is 3.07. The molecule has 23 heavy (non-hydrogen) atoms. The first-order valence-corrected chi connectivity index (χ1v) is 7.97. The third kappa shape index (κ3) is 2.34. The van der Waals surface area contributed by atoms with Gasteiger partial charge >= 0.3 is 0 Å². The zero-order valence-corrected chi connectivity index (χ0v) is 13.0. The minimum absolute atomic E-state index is 0.289. The van der Waals surface area contributed by atoms with Crippen molar-refractivity contribution in [3.63, 3.8) is 0 Å². The van der Waals surface area contributed by atoms with Gasteiger partial charge in [0.2, 0.25) is 0 Å². The van der Waals surface area contributed by atoms with E-state index in [4.69, 9.17) is 0 Å². The summed E-state index contributed by atoms with van der Waals surface area (Å²) in [7, 11) is 0. The number of aryl methyl sites for hydroxylation is 1. The molecule has 4 heteroatoms. The topological polar surface area (TPSA) is 29.0 Å². The Morgan fingerprint density at radius 3 is 2.83 bits per heavy atom. The number of anilines is 1. The summed E-state index contributed by atoms with van der Waals surface area (Å²) in [5.74, 6) is 0.540. The number of halogens is 1. The highest BCUT2D eigenvalue weighted by atomic mass is 19.1. The van der Waals surface area contributed by atoms with Gasteiger partial charge in [0.15, 0.2) is 0 Å². The monoisotopic (exact) mass is 307 g/mol. The Bertz CT molecular complexity index is 862. The maximum atomic E-state index is 14.0. The lowest BCUT2D eigenvalue weighted by Gasteiger charge is -2.28. The molecule has 4 rings (SSSR count). The van der Waals surface area contributed by atoms with Crippen LogP contribution in [0.15, 0.2) is 48.8 Å². The highest BCUT2D eigenvalue weighted by Gasteiger charge is 2.29. The lowest BCUT2D eigenvalue weighted by Crippen LogP contribution is -2.24. The Labute approximate surface area is 134 Å². The number of aromatic nitrogens is 2. The molecule has 1 fully saturated rings. The van der Waals surface area contributed by atoms with Crippen LogP contribution in [0.1, 0.15) is 30.0 Å². The van der Waals surface area contributed by atoms with E-state index < -0.39 is 0 Å². The molecule has 0 spiro atoms. The standard InChI is InChI=1S/C19H18FN3/c1-13-6-2-3-7-14(13)17-10-5-11-23(17)19-15-8-4-9-16(20)18(15)21-12-22-19/h2-4,6-9,12,17H,5,10-11H2,1H3. The molecule has 0 aliphatic carbocycles. The Balaban J connectivity index is 1.84. The van der Waals surface area contributed by atoms with Crippen LogP contribution in [0.5, 0.6) is 0 Å². The molecule has 0 saturated carbocycles. The molecule has 0 amide bonds. The van der Waals surface area contributed by atoms with Gasteiger partial charge in [-0.15, -0.1) is 0 Å². The maximum Gasteiger partial charge on any atom is 0.149 e. The molecule has 3 aromatic rings. The summed E-state index contributed by atoms with van der Waals surface area (Å²) in [6, 6.07) is 13.8. The predicted octanol–water partition coefficient (Wildman–Crippen LogP) is 4.42. The largest absolute Gasteiger partial charge is 0.349 e. The van der Waals surface area contributed by atoms with Crippen molar-refractivity contribution in [2.45, 2.75) is 25.8 Å². The molecular formula is C19H18FN3. The van der Waals surface area contributed by atoms with Gasteiger partial charge < -0.3 is 4.90 Å². The molecule has 2 aromatic carbocycles. The van der Waals surface area contributed by atoms with Crippen LogP contribution >= 0.6 is 0 Å². The molecule has 1 unspecified atom stereocenters. The van der Waals surface area contributed by atoms with Crippen LogP contribution in [-0.4, -0.2) is 16.5 Å². The summed E-state index contributed by atoms with van der Waals surface area (Å²) in [6.07, 6.45) is 3.67. The second-order valence-electron chi connectivity index (χ2n) is 6.04. The Hall–Kier alpha value is -2.49. The van der Waals surface area contributed by atoms with Crippen LogP contribution in [0.4, 0.5) is 10.2 Å².